The summed E-state index contributed by atoms with van der Waals surface area (Å²) >= 11 is 0. The van der Waals surface area contributed by atoms with Gasteiger partial charge < -0.3 is 0 Å². The minimum absolute atomic E-state index is 0. The van der Waals surface area contributed by atoms with Crippen molar-refractivity contribution in [2.75, 3.05) is 0 Å². The molecule has 13 radical (unpaired) electrons. The molecule has 5 heteroatoms. The van der Waals surface area contributed by atoms with E-state index < -0.39 is 0 Å². The molecule has 0 nitrogen and oxygen atoms in total. The first-order valence-electron chi connectivity index (χ1n) is 0. The summed E-state index contributed by atoms with van der Waals surface area (Å²) in [4.78, 5) is 0. The Morgan fingerprint density at radius 1 is 0.400 bits per heavy atom. The fraction of sp³-hybridized carbons (Fsp3) is 0. The molecule has 0 unspecified atom stereocenters. The SMILES string of the molecule is [Ga].[Ga].[Ga].[Ga].[Na]. The molecule has 0 saturated heterocycles. The Bertz CT molecular complexity index is 3.61. The Kier molecular flexibility index (Phi) is 199. The third-order valence-corrected chi connectivity index (χ3v) is 0. The predicted octanol–water partition coefficient (Wildman–Crippen LogP) is -1.90. The van der Waals surface area contributed by atoms with E-state index in [0.717, 1.165) is 0 Å². The van der Waals surface area contributed by atoms with Gasteiger partial charge in [0.2, 0.25) is 0 Å². The summed E-state index contributed by atoms with van der Waals surface area (Å²) in [5.74, 6) is 0. The van der Waals surface area contributed by atoms with Crippen molar-refractivity contribution in [1.29, 1.82) is 0 Å². The van der Waals surface area contributed by atoms with Gasteiger partial charge in [-0.1, -0.05) is 0 Å². The number of hydrogen-bond donors (Lipinski definition) is 0. The van der Waals surface area contributed by atoms with Gasteiger partial charge >= 0.3 is 0 Å². The maximum absolute atomic E-state index is 0. The molecular formula is Ga4Na. The zero-order chi connectivity index (χ0) is 0. The Balaban J connectivity index is 0. The Morgan fingerprint density at radius 2 is 0.400 bits per heavy atom. The molecule has 13 valence electrons. The number of rotatable bonds is 0. The van der Waals surface area contributed by atoms with Gasteiger partial charge in [-0.15, -0.1) is 0 Å². The summed E-state index contributed by atoms with van der Waals surface area (Å²) in [5.41, 5.74) is 0. The van der Waals surface area contributed by atoms with E-state index in [1.807, 2.05) is 0 Å². The van der Waals surface area contributed by atoms with Gasteiger partial charge in [0.25, 0.3) is 0 Å². The van der Waals surface area contributed by atoms with E-state index in [4.69, 9.17) is 0 Å². The van der Waals surface area contributed by atoms with Crippen molar-refractivity contribution in [3.05, 3.63) is 0 Å². The molecule has 0 amide bonds. The summed E-state index contributed by atoms with van der Waals surface area (Å²) in [6.45, 7) is 0. The molecule has 0 aromatic rings. The fourth-order valence-corrected chi connectivity index (χ4v) is 0. The van der Waals surface area contributed by atoms with Gasteiger partial charge in [0.05, 0.1) is 0 Å². The van der Waals surface area contributed by atoms with Crippen LogP contribution in [0, 0.1) is 0 Å². The molecule has 0 heterocycles. The minimum Gasteiger partial charge on any atom is 0 e. The first-order chi connectivity index (χ1) is 0. The minimum atomic E-state index is 0. The molecule has 0 saturated carbocycles. The molecule has 0 aliphatic carbocycles. The van der Waals surface area contributed by atoms with Gasteiger partial charge in [0.15, 0.2) is 0 Å². The molecule has 0 aromatic heterocycles. The standard InChI is InChI=1S/4Ga.Na. The van der Waals surface area contributed by atoms with Gasteiger partial charge in [-0.25, -0.2) is 0 Å². The van der Waals surface area contributed by atoms with Crippen LogP contribution in [0.15, 0.2) is 0 Å². The first kappa shape index (κ1) is 38.7. The topological polar surface area (TPSA) is 0 Å². The Morgan fingerprint density at radius 3 is 0.400 bits per heavy atom. The summed E-state index contributed by atoms with van der Waals surface area (Å²) in [7, 11) is 0. The molecule has 0 atom stereocenters. The van der Waals surface area contributed by atoms with Crippen molar-refractivity contribution in [3.63, 3.8) is 0 Å². The second-order valence-corrected chi connectivity index (χ2v) is 0. The van der Waals surface area contributed by atoms with Crippen molar-refractivity contribution < 1.29 is 0 Å². The average molecular weight is 302 g/mol. The van der Waals surface area contributed by atoms with Crippen LogP contribution < -0.4 is 0 Å². The van der Waals surface area contributed by atoms with Gasteiger partial charge in [0, 0.05) is 109 Å². The van der Waals surface area contributed by atoms with Crippen LogP contribution in [0.4, 0.5) is 0 Å². The van der Waals surface area contributed by atoms with Crippen LogP contribution >= 0.6 is 0 Å². The van der Waals surface area contributed by atoms with E-state index in [-0.39, 0.29) is 109 Å². The number of hydrogen-bond acceptors (Lipinski definition) is 0. The monoisotopic (exact) mass is 299 g/mol. The molecule has 0 aliphatic heterocycles. The molecule has 0 fully saturated rings. The first-order valence-corrected chi connectivity index (χ1v) is 0. The molecule has 0 N–H and O–H groups in total. The van der Waals surface area contributed by atoms with Gasteiger partial charge in [-0.05, 0) is 0 Å². The summed E-state index contributed by atoms with van der Waals surface area (Å²) in [6, 6.07) is 0. The zero-order valence-electron chi connectivity index (χ0n) is 3.31. The summed E-state index contributed by atoms with van der Waals surface area (Å²) < 4.78 is 0. The van der Waals surface area contributed by atoms with Crippen LogP contribution in [0.1, 0.15) is 0 Å². The maximum Gasteiger partial charge on any atom is 0 e. The van der Waals surface area contributed by atoms with Crippen LogP contribution in [-0.2, 0) is 0 Å². The second-order valence-electron chi connectivity index (χ2n) is 0. The normalized spacial score (nSPS) is 0. The Labute approximate surface area is 107 Å². The molecule has 0 aliphatic rings. The van der Waals surface area contributed by atoms with E-state index in [0.29, 0.717) is 0 Å². The molecule has 0 aromatic carbocycles. The van der Waals surface area contributed by atoms with Crippen molar-refractivity contribution >= 4 is 109 Å². The maximum atomic E-state index is 0. The van der Waals surface area contributed by atoms with Crippen molar-refractivity contribution in [1.82, 2.24) is 0 Å². The molecule has 0 bridgehead atoms. The summed E-state index contributed by atoms with van der Waals surface area (Å²) in [5, 5.41) is 0. The largest absolute Gasteiger partial charge is 0 e. The third kappa shape index (κ3) is 18.5. The molecular weight excluding hydrogens is 302 g/mol. The van der Waals surface area contributed by atoms with E-state index in [1.165, 1.54) is 0 Å². The van der Waals surface area contributed by atoms with Gasteiger partial charge in [0.1, 0.15) is 0 Å². The van der Waals surface area contributed by atoms with E-state index in [1.54, 1.807) is 0 Å². The van der Waals surface area contributed by atoms with Gasteiger partial charge in [-0.3, -0.25) is 0 Å². The molecule has 0 spiro atoms. The smallest absolute Gasteiger partial charge is 0 e. The second kappa shape index (κ2) is 25.7. The van der Waals surface area contributed by atoms with Crippen molar-refractivity contribution in [3.8, 4) is 0 Å². The molecule has 5 heavy (non-hydrogen) atoms. The van der Waals surface area contributed by atoms with E-state index in [2.05, 4.69) is 0 Å². The van der Waals surface area contributed by atoms with Crippen LogP contribution in [0.5, 0.6) is 0 Å². The zero-order valence-corrected chi connectivity index (χ0v) is 15.0. The van der Waals surface area contributed by atoms with Crippen LogP contribution in [0.25, 0.3) is 0 Å². The summed E-state index contributed by atoms with van der Waals surface area (Å²) in [6.07, 6.45) is 0. The van der Waals surface area contributed by atoms with Gasteiger partial charge in [-0.2, -0.15) is 0 Å². The fourth-order valence-electron chi connectivity index (χ4n) is 0. The average Bonchev–Trinajstić information content (AvgIpc) is 0. The van der Waals surface area contributed by atoms with Crippen molar-refractivity contribution in [2.24, 2.45) is 0 Å². The quantitative estimate of drug-likeness (QED) is 0.459. The third-order valence-electron chi connectivity index (χ3n) is 0. The van der Waals surface area contributed by atoms with Crippen LogP contribution in [0.2, 0.25) is 0 Å². The molecule has 0 rings (SSSR count). The van der Waals surface area contributed by atoms with E-state index >= 15 is 0 Å². The predicted molar refractivity (Wildman–Crippen MR) is 28.8 cm³/mol. The Hall–Kier alpha value is 3.55. The van der Waals surface area contributed by atoms with Crippen LogP contribution in [-0.4, -0.2) is 109 Å². The van der Waals surface area contributed by atoms with E-state index in [9.17, 15) is 0 Å². The van der Waals surface area contributed by atoms with Crippen LogP contribution in [0.3, 0.4) is 0 Å². The van der Waals surface area contributed by atoms with Crippen molar-refractivity contribution in [2.45, 2.75) is 0 Å².